The molecule has 0 spiro atoms. The fraction of sp³-hybridized carbons (Fsp3) is 0.500. The first-order chi connectivity index (χ1) is 9.47. The van der Waals surface area contributed by atoms with Crippen molar-refractivity contribution < 1.29 is 9.59 Å². The highest BCUT2D eigenvalue weighted by Gasteiger charge is 2.20. The molecule has 0 aliphatic rings. The van der Waals surface area contributed by atoms with Gasteiger partial charge in [-0.15, -0.1) is 11.8 Å². The summed E-state index contributed by atoms with van der Waals surface area (Å²) in [6.07, 6.45) is 1.69. The van der Waals surface area contributed by atoms with Crippen molar-refractivity contribution in [1.82, 2.24) is 10.2 Å². The summed E-state index contributed by atoms with van der Waals surface area (Å²) < 4.78 is 0. The summed E-state index contributed by atoms with van der Waals surface area (Å²) in [4.78, 5) is 23.2. The van der Waals surface area contributed by atoms with E-state index in [2.05, 4.69) is 27.4 Å². The van der Waals surface area contributed by atoms with Crippen LogP contribution in [0.5, 0.6) is 0 Å². The van der Waals surface area contributed by atoms with Gasteiger partial charge < -0.3 is 11.1 Å². The summed E-state index contributed by atoms with van der Waals surface area (Å²) >= 11 is 0. The lowest BCUT2D eigenvalue weighted by atomic mass is 10.1. The molecule has 0 radical (unpaired) electrons. The third kappa shape index (κ3) is 4.12. The first-order valence-electron chi connectivity index (χ1n) is 6.54. The van der Waals surface area contributed by atoms with Gasteiger partial charge in [0.15, 0.2) is 5.69 Å². The molecule has 1 rings (SSSR count). The Morgan fingerprint density at radius 2 is 2.15 bits per heavy atom. The van der Waals surface area contributed by atoms with Crippen molar-refractivity contribution in [2.45, 2.75) is 46.0 Å². The van der Waals surface area contributed by atoms with Crippen molar-refractivity contribution in [3.8, 4) is 11.8 Å². The van der Waals surface area contributed by atoms with Crippen molar-refractivity contribution in [1.29, 1.82) is 0 Å². The molecule has 0 unspecified atom stereocenters. The van der Waals surface area contributed by atoms with Crippen LogP contribution < -0.4 is 11.1 Å². The summed E-state index contributed by atoms with van der Waals surface area (Å²) in [7, 11) is 0. The van der Waals surface area contributed by atoms with Crippen LogP contribution in [0.1, 0.15) is 62.1 Å². The minimum absolute atomic E-state index is 0.0652. The molecule has 108 valence electrons. The van der Waals surface area contributed by atoms with E-state index >= 15 is 0 Å². The number of aromatic amines is 1. The fourth-order valence-corrected chi connectivity index (χ4v) is 1.74. The highest BCUT2D eigenvalue weighted by Crippen LogP contribution is 2.25. The first kappa shape index (κ1) is 15.8. The Kier molecular flexibility index (Phi) is 5.78. The van der Waals surface area contributed by atoms with E-state index in [1.165, 1.54) is 0 Å². The lowest BCUT2D eigenvalue weighted by Crippen LogP contribution is -2.18. The molecule has 0 bridgehead atoms. The van der Waals surface area contributed by atoms with E-state index in [9.17, 15) is 9.59 Å². The number of H-pyrrole nitrogens is 1. The van der Waals surface area contributed by atoms with E-state index < -0.39 is 5.91 Å². The number of amides is 2. The Labute approximate surface area is 118 Å². The van der Waals surface area contributed by atoms with Crippen LogP contribution in [0.3, 0.4) is 0 Å². The Morgan fingerprint density at radius 1 is 1.45 bits per heavy atom. The molecule has 0 aliphatic carbocycles. The number of aromatic nitrogens is 2. The molecular formula is C14H20N4O2. The van der Waals surface area contributed by atoms with Crippen molar-refractivity contribution in [2.24, 2.45) is 5.73 Å². The second kappa shape index (κ2) is 7.34. The van der Waals surface area contributed by atoms with Crippen LogP contribution in [0, 0.1) is 11.8 Å². The highest BCUT2D eigenvalue weighted by atomic mass is 16.2. The molecule has 0 aromatic carbocycles. The number of anilines is 1. The molecular weight excluding hydrogens is 256 g/mol. The van der Waals surface area contributed by atoms with Gasteiger partial charge in [-0.2, -0.15) is 5.10 Å². The standard InChI is InChI=1S/C14H20N4O2/c1-4-5-6-7-8-10(19)16-12-11(9(2)3)17-18-13(12)14(15)20/h9H,6-8H2,1-3H3,(H2,15,20)(H,16,19)(H,17,18). The molecule has 0 saturated carbocycles. The smallest absolute Gasteiger partial charge is 0.271 e. The van der Waals surface area contributed by atoms with Gasteiger partial charge in [-0.3, -0.25) is 14.7 Å². The predicted octanol–water partition coefficient (Wildman–Crippen LogP) is 1.76. The summed E-state index contributed by atoms with van der Waals surface area (Å²) in [5.41, 5.74) is 6.40. The number of rotatable bonds is 6. The molecule has 4 N–H and O–H groups in total. The number of carbonyl (C=O) groups is 2. The number of hydrogen-bond donors (Lipinski definition) is 3. The highest BCUT2D eigenvalue weighted by molar-refractivity contribution is 6.02. The second-order valence-electron chi connectivity index (χ2n) is 4.71. The number of nitrogens with one attached hydrogen (secondary N) is 2. The van der Waals surface area contributed by atoms with E-state index in [1.54, 1.807) is 6.92 Å². The zero-order valence-electron chi connectivity index (χ0n) is 12.0. The van der Waals surface area contributed by atoms with Crippen LogP contribution in [0.2, 0.25) is 0 Å². The monoisotopic (exact) mass is 276 g/mol. The Balaban J connectivity index is 2.78. The number of carbonyl (C=O) groups excluding carboxylic acids is 2. The van der Waals surface area contributed by atoms with Crippen molar-refractivity contribution >= 4 is 17.5 Å². The van der Waals surface area contributed by atoms with Crippen LogP contribution in [0.25, 0.3) is 0 Å². The number of unbranched alkanes of at least 4 members (excludes halogenated alkanes) is 1. The average molecular weight is 276 g/mol. The second-order valence-corrected chi connectivity index (χ2v) is 4.71. The number of primary amides is 1. The Hall–Kier alpha value is -2.29. The zero-order chi connectivity index (χ0) is 15.1. The number of hydrogen-bond acceptors (Lipinski definition) is 3. The maximum absolute atomic E-state index is 11.9. The summed E-state index contributed by atoms with van der Waals surface area (Å²) in [5, 5.41) is 9.33. The van der Waals surface area contributed by atoms with Gasteiger partial charge in [0.25, 0.3) is 5.91 Å². The quantitative estimate of drug-likeness (QED) is 0.545. The Bertz CT molecular complexity index is 549. The molecule has 0 fully saturated rings. The van der Waals surface area contributed by atoms with Gasteiger partial charge in [0.1, 0.15) is 0 Å². The molecule has 0 atom stereocenters. The number of nitrogens with two attached hydrogens (primary N) is 1. The summed E-state index contributed by atoms with van der Waals surface area (Å²) in [5.74, 6) is 4.93. The third-order valence-corrected chi connectivity index (χ3v) is 2.75. The van der Waals surface area contributed by atoms with Gasteiger partial charge in [-0.05, 0) is 19.3 Å². The van der Waals surface area contributed by atoms with Crippen molar-refractivity contribution in [2.75, 3.05) is 5.32 Å². The van der Waals surface area contributed by atoms with Gasteiger partial charge in [0.2, 0.25) is 5.91 Å². The maximum Gasteiger partial charge on any atom is 0.271 e. The molecule has 0 aliphatic heterocycles. The average Bonchev–Trinajstić information content (AvgIpc) is 2.78. The lowest BCUT2D eigenvalue weighted by Gasteiger charge is -2.09. The molecule has 1 heterocycles. The van der Waals surface area contributed by atoms with Crippen molar-refractivity contribution in [3.05, 3.63) is 11.4 Å². The van der Waals surface area contributed by atoms with Gasteiger partial charge in [-0.25, -0.2) is 0 Å². The van der Waals surface area contributed by atoms with Crippen LogP contribution >= 0.6 is 0 Å². The van der Waals surface area contributed by atoms with Crippen LogP contribution in [-0.4, -0.2) is 22.0 Å². The molecule has 1 aromatic heterocycles. The topological polar surface area (TPSA) is 101 Å². The first-order valence-corrected chi connectivity index (χ1v) is 6.54. The minimum atomic E-state index is -0.666. The SMILES string of the molecule is CC#CCCCC(=O)Nc1c(C(N)=O)n[nH]c1C(C)C. The van der Waals surface area contributed by atoms with E-state index in [1.807, 2.05) is 13.8 Å². The molecule has 6 nitrogen and oxygen atoms in total. The maximum atomic E-state index is 11.9. The normalized spacial score (nSPS) is 10.0. The largest absolute Gasteiger partial charge is 0.364 e. The predicted molar refractivity (Wildman–Crippen MR) is 77.1 cm³/mol. The lowest BCUT2D eigenvalue weighted by molar-refractivity contribution is -0.116. The number of nitrogens with zero attached hydrogens (tertiary/aromatic N) is 1. The fourth-order valence-electron chi connectivity index (χ4n) is 1.74. The summed E-state index contributed by atoms with van der Waals surface area (Å²) in [6, 6.07) is 0. The van der Waals surface area contributed by atoms with E-state index in [0.717, 1.165) is 0 Å². The minimum Gasteiger partial charge on any atom is -0.364 e. The van der Waals surface area contributed by atoms with Gasteiger partial charge in [-0.1, -0.05) is 13.8 Å². The van der Waals surface area contributed by atoms with Gasteiger partial charge in [0.05, 0.1) is 11.4 Å². The van der Waals surface area contributed by atoms with E-state index in [-0.39, 0.29) is 17.5 Å². The van der Waals surface area contributed by atoms with Crippen molar-refractivity contribution in [3.63, 3.8) is 0 Å². The van der Waals surface area contributed by atoms with Crippen LogP contribution in [-0.2, 0) is 4.79 Å². The third-order valence-electron chi connectivity index (χ3n) is 2.75. The van der Waals surface area contributed by atoms with Crippen LogP contribution in [0.15, 0.2) is 0 Å². The molecule has 0 saturated heterocycles. The summed E-state index contributed by atoms with van der Waals surface area (Å²) in [6.45, 7) is 5.63. The Morgan fingerprint density at radius 3 is 2.70 bits per heavy atom. The van der Waals surface area contributed by atoms with E-state index in [0.29, 0.717) is 30.6 Å². The molecule has 2 amide bonds. The molecule has 1 aromatic rings. The van der Waals surface area contributed by atoms with Gasteiger partial charge >= 0.3 is 0 Å². The zero-order valence-corrected chi connectivity index (χ0v) is 12.0. The molecule has 6 heteroatoms. The van der Waals surface area contributed by atoms with E-state index in [4.69, 9.17) is 5.73 Å². The van der Waals surface area contributed by atoms with Crippen LogP contribution in [0.4, 0.5) is 5.69 Å². The van der Waals surface area contributed by atoms with Gasteiger partial charge in [0, 0.05) is 12.8 Å². The molecule has 20 heavy (non-hydrogen) atoms.